The minimum atomic E-state index is -0.411. The molecule has 20 heavy (non-hydrogen) atoms. The third-order valence-electron chi connectivity index (χ3n) is 4.45. The quantitative estimate of drug-likeness (QED) is 0.724. The zero-order valence-corrected chi connectivity index (χ0v) is 11.9. The molecule has 1 fully saturated rings. The predicted molar refractivity (Wildman–Crippen MR) is 76.2 cm³/mol. The number of hydrogen-bond acceptors (Lipinski definition) is 2. The minimum absolute atomic E-state index is 0.0200. The number of fused-ring (bicyclic) bond motifs is 1. The first-order valence-corrected chi connectivity index (χ1v) is 7.19. The summed E-state index contributed by atoms with van der Waals surface area (Å²) in [5.74, 6) is -0.0658. The molecule has 1 aromatic carbocycles. The van der Waals surface area contributed by atoms with E-state index >= 15 is 0 Å². The monoisotopic (exact) mass is 274 g/mol. The van der Waals surface area contributed by atoms with Crippen molar-refractivity contribution in [2.75, 3.05) is 0 Å². The normalized spacial score (nSPS) is 19.4. The van der Waals surface area contributed by atoms with Crippen LogP contribution in [0.3, 0.4) is 0 Å². The van der Waals surface area contributed by atoms with Crippen molar-refractivity contribution in [2.45, 2.75) is 39.5 Å². The lowest BCUT2D eigenvalue weighted by Gasteiger charge is -2.33. The van der Waals surface area contributed by atoms with Crippen molar-refractivity contribution < 1.29 is 13.6 Å². The van der Waals surface area contributed by atoms with Crippen molar-refractivity contribution in [1.82, 2.24) is 0 Å². The van der Waals surface area contributed by atoms with Crippen LogP contribution in [0, 0.1) is 17.2 Å². The van der Waals surface area contributed by atoms with E-state index in [0.29, 0.717) is 16.6 Å². The summed E-state index contributed by atoms with van der Waals surface area (Å²) in [7, 11) is 0. The second-order valence-electron chi connectivity index (χ2n) is 6.57. The predicted octanol–water partition coefficient (Wildman–Crippen LogP) is 4.97. The van der Waals surface area contributed by atoms with Crippen molar-refractivity contribution in [2.24, 2.45) is 11.3 Å². The Bertz CT molecular complexity index is 644. The molecule has 3 rings (SSSR count). The molecule has 106 valence electrons. The van der Waals surface area contributed by atoms with Gasteiger partial charge in [-0.1, -0.05) is 26.0 Å². The van der Waals surface area contributed by atoms with Crippen molar-refractivity contribution in [1.29, 1.82) is 0 Å². The average molecular weight is 274 g/mol. The van der Waals surface area contributed by atoms with Gasteiger partial charge >= 0.3 is 0 Å². The summed E-state index contributed by atoms with van der Waals surface area (Å²) in [4.78, 5) is 12.5. The van der Waals surface area contributed by atoms with Crippen LogP contribution in [0.2, 0.25) is 0 Å². The summed E-state index contributed by atoms with van der Waals surface area (Å²) in [5.41, 5.74) is 0.517. The average Bonchev–Trinajstić information content (AvgIpc) is 2.83. The first-order valence-electron chi connectivity index (χ1n) is 7.19. The van der Waals surface area contributed by atoms with Crippen LogP contribution in [0.1, 0.15) is 50.1 Å². The van der Waals surface area contributed by atoms with Crippen LogP contribution in [0.15, 0.2) is 28.7 Å². The highest BCUT2D eigenvalue weighted by molar-refractivity contribution is 5.99. The molecule has 1 saturated carbocycles. The van der Waals surface area contributed by atoms with Gasteiger partial charge in [0.15, 0.2) is 17.2 Å². The maximum atomic E-state index is 13.6. The topological polar surface area (TPSA) is 30.2 Å². The van der Waals surface area contributed by atoms with Gasteiger partial charge in [0.1, 0.15) is 0 Å². The second kappa shape index (κ2) is 4.72. The SMILES string of the molecule is CC1(C)CCC(C(=O)c2cc3cccc(F)c3o2)CC1. The molecule has 0 spiro atoms. The number of Topliss-reactive ketones (excluding diaryl/α,β-unsaturated/α-hetero) is 1. The Balaban J connectivity index is 1.84. The zero-order chi connectivity index (χ0) is 14.3. The Kier molecular flexibility index (Phi) is 3.15. The number of ketones is 1. The fourth-order valence-corrected chi connectivity index (χ4v) is 3.01. The van der Waals surface area contributed by atoms with Crippen LogP contribution in [0.25, 0.3) is 11.0 Å². The molecule has 0 radical (unpaired) electrons. The van der Waals surface area contributed by atoms with E-state index in [2.05, 4.69) is 13.8 Å². The number of rotatable bonds is 2. The summed E-state index contributed by atoms with van der Waals surface area (Å²) in [6, 6.07) is 6.41. The molecule has 0 amide bonds. The van der Waals surface area contributed by atoms with Gasteiger partial charge in [-0.3, -0.25) is 4.79 Å². The molecule has 0 atom stereocenters. The van der Waals surface area contributed by atoms with E-state index in [1.165, 1.54) is 6.07 Å². The summed E-state index contributed by atoms with van der Waals surface area (Å²) in [6.45, 7) is 4.48. The molecule has 0 unspecified atom stereocenters. The minimum Gasteiger partial charge on any atom is -0.450 e. The van der Waals surface area contributed by atoms with E-state index in [9.17, 15) is 9.18 Å². The van der Waals surface area contributed by atoms with Crippen molar-refractivity contribution in [3.05, 3.63) is 35.8 Å². The van der Waals surface area contributed by atoms with E-state index in [1.807, 2.05) is 0 Å². The van der Waals surface area contributed by atoms with Gasteiger partial charge in [0.05, 0.1) is 0 Å². The van der Waals surface area contributed by atoms with Gasteiger partial charge in [0.2, 0.25) is 5.78 Å². The molecule has 0 aliphatic heterocycles. The first kappa shape index (κ1) is 13.3. The Hall–Kier alpha value is -1.64. The highest BCUT2D eigenvalue weighted by Gasteiger charge is 2.32. The lowest BCUT2D eigenvalue weighted by Crippen LogP contribution is -2.26. The number of benzene rings is 1. The van der Waals surface area contributed by atoms with E-state index in [0.717, 1.165) is 25.7 Å². The first-order chi connectivity index (χ1) is 9.46. The lowest BCUT2D eigenvalue weighted by atomic mass is 9.72. The van der Waals surface area contributed by atoms with E-state index in [1.54, 1.807) is 18.2 Å². The Labute approximate surface area is 118 Å². The third-order valence-corrected chi connectivity index (χ3v) is 4.45. The number of hydrogen-bond donors (Lipinski definition) is 0. The zero-order valence-electron chi connectivity index (χ0n) is 11.9. The van der Waals surface area contributed by atoms with Gasteiger partial charge in [-0.25, -0.2) is 4.39 Å². The fourth-order valence-electron chi connectivity index (χ4n) is 3.01. The van der Waals surface area contributed by atoms with E-state index < -0.39 is 5.82 Å². The molecule has 0 saturated heterocycles. The maximum Gasteiger partial charge on any atom is 0.201 e. The smallest absolute Gasteiger partial charge is 0.201 e. The Morgan fingerprint density at radius 2 is 2.00 bits per heavy atom. The van der Waals surface area contributed by atoms with Crippen LogP contribution in [0.5, 0.6) is 0 Å². The van der Waals surface area contributed by atoms with Crippen LogP contribution in [-0.2, 0) is 0 Å². The summed E-state index contributed by atoms with van der Waals surface area (Å²) >= 11 is 0. The number of para-hydroxylation sites is 1. The molecule has 0 N–H and O–H groups in total. The molecule has 2 nitrogen and oxygen atoms in total. The van der Waals surface area contributed by atoms with Gasteiger partial charge in [-0.15, -0.1) is 0 Å². The molecule has 3 heteroatoms. The lowest BCUT2D eigenvalue weighted by molar-refractivity contribution is 0.0811. The number of furan rings is 1. The molecular formula is C17H19FO2. The highest BCUT2D eigenvalue weighted by atomic mass is 19.1. The molecule has 1 aliphatic rings. The highest BCUT2D eigenvalue weighted by Crippen LogP contribution is 2.39. The standard InChI is InChI=1S/C17H19FO2/c1-17(2)8-6-11(7-9-17)15(19)14-10-12-4-3-5-13(18)16(12)20-14/h3-5,10-11H,6-9H2,1-2H3. The van der Waals surface area contributed by atoms with Crippen molar-refractivity contribution in [3.63, 3.8) is 0 Å². The van der Waals surface area contributed by atoms with Crippen LogP contribution < -0.4 is 0 Å². The van der Waals surface area contributed by atoms with Gasteiger partial charge in [0.25, 0.3) is 0 Å². The van der Waals surface area contributed by atoms with Crippen molar-refractivity contribution in [3.8, 4) is 0 Å². The maximum absolute atomic E-state index is 13.6. The van der Waals surface area contributed by atoms with Gasteiger partial charge < -0.3 is 4.42 Å². The molecule has 1 aliphatic carbocycles. The van der Waals surface area contributed by atoms with Crippen molar-refractivity contribution >= 4 is 16.8 Å². The van der Waals surface area contributed by atoms with Crippen LogP contribution in [-0.4, -0.2) is 5.78 Å². The molecule has 1 aromatic heterocycles. The third kappa shape index (κ3) is 2.37. The molecule has 1 heterocycles. The molecular weight excluding hydrogens is 255 g/mol. The largest absolute Gasteiger partial charge is 0.450 e. The van der Waals surface area contributed by atoms with Gasteiger partial charge in [-0.2, -0.15) is 0 Å². The number of carbonyl (C=O) groups excluding carboxylic acids is 1. The van der Waals surface area contributed by atoms with E-state index in [4.69, 9.17) is 4.42 Å². The van der Waals surface area contributed by atoms with Crippen LogP contribution in [0.4, 0.5) is 4.39 Å². The van der Waals surface area contributed by atoms with Gasteiger partial charge in [-0.05, 0) is 43.2 Å². The van der Waals surface area contributed by atoms with Gasteiger partial charge in [0, 0.05) is 11.3 Å². The molecule has 2 aromatic rings. The molecule has 0 bridgehead atoms. The summed E-state index contributed by atoms with van der Waals surface area (Å²) in [5, 5.41) is 0.657. The summed E-state index contributed by atoms with van der Waals surface area (Å²) < 4.78 is 19.0. The van der Waals surface area contributed by atoms with E-state index in [-0.39, 0.29) is 17.3 Å². The number of halogens is 1. The Morgan fingerprint density at radius 3 is 2.65 bits per heavy atom. The van der Waals surface area contributed by atoms with Crippen LogP contribution >= 0.6 is 0 Å². The second-order valence-corrected chi connectivity index (χ2v) is 6.57. The fraction of sp³-hybridized carbons (Fsp3) is 0.471. The Morgan fingerprint density at radius 1 is 1.30 bits per heavy atom. The summed E-state index contributed by atoms with van der Waals surface area (Å²) in [6.07, 6.45) is 3.90. The number of carbonyl (C=O) groups is 1.